The van der Waals surface area contributed by atoms with E-state index in [1.54, 1.807) is 12.1 Å². The molecule has 3 N–H and O–H groups in total. The predicted octanol–water partition coefficient (Wildman–Crippen LogP) is 4.36. The molecule has 3 rings (SSSR count). The molecule has 142 valence electrons. The van der Waals surface area contributed by atoms with Gasteiger partial charge in [-0.25, -0.2) is 0 Å². The standard InChI is InChI=1S/C22H20BrN3O2/c23-17-11-13-19(14-12-17)25-20(27)15-24-21(16-7-3-1-4-8-16)22(28)26-18-9-5-2-6-10-18/h1-14,21,24H,15H2,(H,25,27)(H,26,28). The summed E-state index contributed by atoms with van der Waals surface area (Å²) in [6.07, 6.45) is 0. The van der Waals surface area contributed by atoms with Crippen molar-refractivity contribution in [2.45, 2.75) is 6.04 Å². The lowest BCUT2D eigenvalue weighted by Crippen LogP contribution is -2.37. The molecule has 2 amide bonds. The average molecular weight is 438 g/mol. The molecule has 5 nitrogen and oxygen atoms in total. The Labute approximate surface area is 172 Å². The van der Waals surface area contributed by atoms with Gasteiger partial charge in [-0.1, -0.05) is 64.5 Å². The number of para-hydroxylation sites is 1. The van der Waals surface area contributed by atoms with E-state index in [4.69, 9.17) is 0 Å². The third-order valence-electron chi connectivity index (χ3n) is 4.03. The first kappa shape index (κ1) is 19.8. The Morgan fingerprint density at radius 1 is 0.750 bits per heavy atom. The molecule has 3 aromatic carbocycles. The summed E-state index contributed by atoms with van der Waals surface area (Å²) in [5, 5.41) is 8.75. The summed E-state index contributed by atoms with van der Waals surface area (Å²) in [5.74, 6) is -0.454. The van der Waals surface area contributed by atoms with Crippen LogP contribution in [0.3, 0.4) is 0 Å². The molecular formula is C22H20BrN3O2. The van der Waals surface area contributed by atoms with E-state index in [0.717, 1.165) is 10.0 Å². The zero-order chi connectivity index (χ0) is 19.8. The normalized spacial score (nSPS) is 11.5. The van der Waals surface area contributed by atoms with Gasteiger partial charge in [0.25, 0.3) is 0 Å². The summed E-state index contributed by atoms with van der Waals surface area (Å²) >= 11 is 3.36. The monoisotopic (exact) mass is 437 g/mol. The first-order chi connectivity index (χ1) is 13.6. The van der Waals surface area contributed by atoms with Crippen molar-refractivity contribution in [3.05, 3.63) is 95.0 Å². The fourth-order valence-corrected chi connectivity index (χ4v) is 2.94. The van der Waals surface area contributed by atoms with Crippen molar-refractivity contribution in [3.8, 4) is 0 Å². The van der Waals surface area contributed by atoms with Crippen LogP contribution in [0.1, 0.15) is 11.6 Å². The SMILES string of the molecule is O=C(CNC(C(=O)Nc1ccccc1)c1ccccc1)Nc1ccc(Br)cc1. The number of benzene rings is 3. The van der Waals surface area contributed by atoms with Crippen molar-refractivity contribution in [2.75, 3.05) is 17.2 Å². The number of hydrogen-bond donors (Lipinski definition) is 3. The minimum absolute atomic E-state index is 0.00215. The van der Waals surface area contributed by atoms with Gasteiger partial charge in [0.2, 0.25) is 11.8 Å². The summed E-state index contributed by atoms with van der Waals surface area (Å²) in [4.78, 5) is 25.1. The lowest BCUT2D eigenvalue weighted by atomic mass is 10.1. The molecule has 0 aliphatic carbocycles. The number of nitrogens with one attached hydrogen (secondary N) is 3. The van der Waals surface area contributed by atoms with Crippen molar-refractivity contribution in [3.63, 3.8) is 0 Å². The maximum atomic E-state index is 12.8. The number of rotatable bonds is 7. The van der Waals surface area contributed by atoms with Crippen LogP contribution < -0.4 is 16.0 Å². The molecule has 6 heteroatoms. The molecule has 1 unspecified atom stereocenters. The van der Waals surface area contributed by atoms with E-state index in [0.29, 0.717) is 11.4 Å². The molecule has 0 aliphatic heterocycles. The highest BCUT2D eigenvalue weighted by molar-refractivity contribution is 9.10. The van der Waals surface area contributed by atoms with Crippen molar-refractivity contribution in [1.29, 1.82) is 0 Å². The summed E-state index contributed by atoms with van der Waals surface area (Å²) in [6.45, 7) is -0.00215. The van der Waals surface area contributed by atoms with Crippen LogP contribution in [0.2, 0.25) is 0 Å². The zero-order valence-electron chi connectivity index (χ0n) is 15.1. The topological polar surface area (TPSA) is 70.2 Å². The number of carbonyl (C=O) groups excluding carboxylic acids is 2. The van der Waals surface area contributed by atoms with Gasteiger partial charge in [0.05, 0.1) is 6.54 Å². The van der Waals surface area contributed by atoms with E-state index < -0.39 is 6.04 Å². The summed E-state index contributed by atoms with van der Waals surface area (Å²) in [5.41, 5.74) is 2.18. The van der Waals surface area contributed by atoms with Crippen LogP contribution in [-0.2, 0) is 9.59 Å². The fourth-order valence-electron chi connectivity index (χ4n) is 2.68. The van der Waals surface area contributed by atoms with Gasteiger partial charge in [-0.2, -0.15) is 0 Å². The van der Waals surface area contributed by atoms with Gasteiger partial charge in [0.1, 0.15) is 6.04 Å². The number of carbonyl (C=O) groups is 2. The zero-order valence-corrected chi connectivity index (χ0v) is 16.6. The second kappa shape index (κ2) is 9.82. The molecule has 0 saturated heterocycles. The molecule has 0 spiro atoms. The molecule has 1 atom stereocenters. The minimum Gasteiger partial charge on any atom is -0.325 e. The third-order valence-corrected chi connectivity index (χ3v) is 4.56. The summed E-state index contributed by atoms with van der Waals surface area (Å²) in [7, 11) is 0. The van der Waals surface area contributed by atoms with Gasteiger partial charge in [0, 0.05) is 15.8 Å². The maximum Gasteiger partial charge on any atom is 0.246 e. The lowest BCUT2D eigenvalue weighted by molar-refractivity contribution is -0.119. The van der Waals surface area contributed by atoms with Crippen molar-refractivity contribution < 1.29 is 9.59 Å². The first-order valence-corrected chi connectivity index (χ1v) is 9.61. The van der Waals surface area contributed by atoms with E-state index >= 15 is 0 Å². The predicted molar refractivity (Wildman–Crippen MR) is 115 cm³/mol. The number of halogens is 1. The quantitative estimate of drug-likeness (QED) is 0.514. The summed E-state index contributed by atoms with van der Waals surface area (Å²) in [6, 6.07) is 25.2. The lowest BCUT2D eigenvalue weighted by Gasteiger charge is -2.19. The Morgan fingerprint density at radius 3 is 1.96 bits per heavy atom. The molecule has 0 bridgehead atoms. The Bertz CT molecular complexity index is 916. The summed E-state index contributed by atoms with van der Waals surface area (Å²) < 4.78 is 0.936. The highest BCUT2D eigenvalue weighted by Crippen LogP contribution is 2.17. The Balaban J connectivity index is 1.66. The van der Waals surface area contributed by atoms with Gasteiger partial charge in [-0.05, 0) is 42.0 Å². The van der Waals surface area contributed by atoms with Gasteiger partial charge in [-0.3, -0.25) is 14.9 Å². The van der Waals surface area contributed by atoms with E-state index in [2.05, 4.69) is 31.9 Å². The van der Waals surface area contributed by atoms with Gasteiger partial charge >= 0.3 is 0 Å². The van der Waals surface area contributed by atoms with Crippen LogP contribution in [0.15, 0.2) is 89.4 Å². The molecule has 0 saturated carbocycles. The second-order valence-corrected chi connectivity index (χ2v) is 7.05. The minimum atomic E-state index is -0.655. The van der Waals surface area contributed by atoms with Gasteiger partial charge < -0.3 is 10.6 Å². The van der Waals surface area contributed by atoms with E-state index in [9.17, 15) is 9.59 Å². The third kappa shape index (κ3) is 5.77. The van der Waals surface area contributed by atoms with Crippen molar-refractivity contribution >= 4 is 39.1 Å². The smallest absolute Gasteiger partial charge is 0.246 e. The second-order valence-electron chi connectivity index (χ2n) is 6.13. The van der Waals surface area contributed by atoms with Crippen LogP contribution >= 0.6 is 15.9 Å². The first-order valence-electron chi connectivity index (χ1n) is 8.81. The molecular weight excluding hydrogens is 418 g/mol. The largest absolute Gasteiger partial charge is 0.325 e. The van der Waals surface area contributed by atoms with E-state index in [1.807, 2.05) is 72.8 Å². The highest BCUT2D eigenvalue weighted by atomic mass is 79.9. The molecule has 0 aromatic heterocycles. The Morgan fingerprint density at radius 2 is 1.32 bits per heavy atom. The molecule has 0 fully saturated rings. The number of amides is 2. The van der Waals surface area contributed by atoms with E-state index in [-0.39, 0.29) is 18.4 Å². The molecule has 0 aliphatic rings. The Hall–Kier alpha value is -2.96. The highest BCUT2D eigenvalue weighted by Gasteiger charge is 2.21. The van der Waals surface area contributed by atoms with Gasteiger partial charge in [-0.15, -0.1) is 0 Å². The Kier molecular flexibility index (Phi) is 6.94. The fraction of sp³-hybridized carbons (Fsp3) is 0.0909. The molecule has 3 aromatic rings. The van der Waals surface area contributed by atoms with Crippen molar-refractivity contribution in [2.24, 2.45) is 0 Å². The molecule has 0 radical (unpaired) electrons. The molecule has 0 heterocycles. The van der Waals surface area contributed by atoms with Crippen molar-refractivity contribution in [1.82, 2.24) is 5.32 Å². The van der Waals surface area contributed by atoms with E-state index in [1.165, 1.54) is 0 Å². The average Bonchev–Trinajstić information content (AvgIpc) is 2.71. The number of anilines is 2. The van der Waals surface area contributed by atoms with Crippen LogP contribution in [0, 0.1) is 0 Å². The van der Waals surface area contributed by atoms with Crippen LogP contribution in [0.5, 0.6) is 0 Å². The molecule has 28 heavy (non-hydrogen) atoms. The maximum absolute atomic E-state index is 12.8. The number of hydrogen-bond acceptors (Lipinski definition) is 3. The van der Waals surface area contributed by atoms with Crippen LogP contribution in [-0.4, -0.2) is 18.4 Å². The van der Waals surface area contributed by atoms with Crippen LogP contribution in [0.25, 0.3) is 0 Å². The van der Waals surface area contributed by atoms with Crippen LogP contribution in [0.4, 0.5) is 11.4 Å². The van der Waals surface area contributed by atoms with Gasteiger partial charge in [0.15, 0.2) is 0 Å².